The highest BCUT2D eigenvalue weighted by molar-refractivity contribution is 5.22. The molecule has 0 radical (unpaired) electrons. The van der Waals surface area contributed by atoms with Crippen LogP contribution in [0.2, 0.25) is 0 Å². The number of hydrogen-bond donors (Lipinski definition) is 1. The normalized spacial score (nSPS) is 23.9. The van der Waals surface area contributed by atoms with Crippen LogP contribution in [0.25, 0.3) is 0 Å². The molecular formula is C18H30N2. The lowest BCUT2D eigenvalue weighted by Gasteiger charge is -2.38. The first kappa shape index (κ1) is 15.5. The van der Waals surface area contributed by atoms with Crippen molar-refractivity contribution in [1.29, 1.82) is 0 Å². The van der Waals surface area contributed by atoms with Gasteiger partial charge in [0.05, 0.1) is 0 Å². The molecule has 0 amide bonds. The van der Waals surface area contributed by atoms with Crippen LogP contribution < -0.4 is 5.32 Å². The van der Waals surface area contributed by atoms with E-state index >= 15 is 0 Å². The van der Waals surface area contributed by atoms with Crippen molar-refractivity contribution in [1.82, 2.24) is 10.2 Å². The molecule has 0 aliphatic heterocycles. The molecule has 2 rings (SSSR count). The number of nitrogens with one attached hydrogen (secondary N) is 1. The maximum atomic E-state index is 3.76. The second-order valence-corrected chi connectivity index (χ2v) is 6.93. The van der Waals surface area contributed by atoms with Crippen molar-refractivity contribution in [2.75, 3.05) is 20.6 Å². The lowest BCUT2D eigenvalue weighted by Crippen LogP contribution is -2.47. The highest BCUT2D eigenvalue weighted by Crippen LogP contribution is 2.36. The average Bonchev–Trinajstić information content (AvgIpc) is 2.36. The van der Waals surface area contributed by atoms with Crippen molar-refractivity contribution in [2.45, 2.75) is 51.1 Å². The summed E-state index contributed by atoms with van der Waals surface area (Å²) in [4.78, 5) is 2.36. The maximum Gasteiger partial charge on any atom is 0.0217 e. The molecule has 112 valence electrons. The summed E-state index contributed by atoms with van der Waals surface area (Å²) in [6, 6.07) is 12.3. The number of benzene rings is 1. The summed E-state index contributed by atoms with van der Waals surface area (Å²) < 4.78 is 0. The van der Waals surface area contributed by atoms with Crippen LogP contribution in [0.1, 0.15) is 44.6 Å². The standard InChI is InChI=1S/C18H30N2/c1-14(2)10-18(20(3)4)13-19-17-11-16(12-17)15-8-6-5-7-9-15/h5-9,14,16-19H,10-13H2,1-4H3. The van der Waals surface area contributed by atoms with Gasteiger partial charge in [0.25, 0.3) is 0 Å². The molecule has 1 unspecified atom stereocenters. The van der Waals surface area contributed by atoms with E-state index in [1.807, 2.05) is 0 Å². The van der Waals surface area contributed by atoms with E-state index in [0.717, 1.165) is 24.4 Å². The van der Waals surface area contributed by atoms with E-state index in [2.05, 4.69) is 68.5 Å². The summed E-state index contributed by atoms with van der Waals surface area (Å²) in [5.41, 5.74) is 1.51. The molecule has 1 aromatic rings. The van der Waals surface area contributed by atoms with E-state index < -0.39 is 0 Å². The first-order valence-electron chi connectivity index (χ1n) is 8.01. The lowest BCUT2D eigenvalue weighted by atomic mass is 9.76. The Morgan fingerprint density at radius 3 is 2.35 bits per heavy atom. The van der Waals surface area contributed by atoms with Crippen molar-refractivity contribution in [2.24, 2.45) is 5.92 Å². The van der Waals surface area contributed by atoms with Gasteiger partial charge in [0, 0.05) is 18.6 Å². The van der Waals surface area contributed by atoms with Crippen LogP contribution in [0, 0.1) is 5.92 Å². The fourth-order valence-electron chi connectivity index (χ4n) is 3.11. The average molecular weight is 274 g/mol. The highest BCUT2D eigenvalue weighted by Gasteiger charge is 2.30. The van der Waals surface area contributed by atoms with Crippen molar-refractivity contribution in [3.63, 3.8) is 0 Å². The van der Waals surface area contributed by atoms with E-state index in [1.54, 1.807) is 0 Å². The molecule has 2 nitrogen and oxygen atoms in total. The molecule has 0 spiro atoms. The van der Waals surface area contributed by atoms with Gasteiger partial charge >= 0.3 is 0 Å². The molecule has 1 fully saturated rings. The summed E-state index contributed by atoms with van der Waals surface area (Å²) in [6.07, 6.45) is 3.87. The smallest absolute Gasteiger partial charge is 0.0217 e. The van der Waals surface area contributed by atoms with Crippen molar-refractivity contribution in [3.8, 4) is 0 Å². The maximum absolute atomic E-state index is 3.76. The number of likely N-dealkylation sites (N-methyl/N-ethyl adjacent to an activating group) is 1. The minimum Gasteiger partial charge on any atom is -0.312 e. The second kappa shape index (κ2) is 7.24. The van der Waals surface area contributed by atoms with Gasteiger partial charge in [-0.15, -0.1) is 0 Å². The SMILES string of the molecule is CC(C)CC(CNC1CC(c2ccccc2)C1)N(C)C. The van der Waals surface area contributed by atoms with Gasteiger partial charge in [-0.25, -0.2) is 0 Å². The third-order valence-corrected chi connectivity index (χ3v) is 4.52. The Hall–Kier alpha value is -0.860. The minimum absolute atomic E-state index is 0.658. The summed E-state index contributed by atoms with van der Waals surface area (Å²) in [5.74, 6) is 1.54. The van der Waals surface area contributed by atoms with E-state index in [1.165, 1.54) is 24.8 Å². The highest BCUT2D eigenvalue weighted by atomic mass is 15.1. The Morgan fingerprint density at radius 2 is 1.80 bits per heavy atom. The monoisotopic (exact) mass is 274 g/mol. The molecule has 0 heterocycles. The van der Waals surface area contributed by atoms with Crippen molar-refractivity contribution >= 4 is 0 Å². The van der Waals surface area contributed by atoms with Gasteiger partial charge in [0.1, 0.15) is 0 Å². The predicted octanol–water partition coefficient (Wildman–Crippen LogP) is 3.50. The molecule has 20 heavy (non-hydrogen) atoms. The summed E-state index contributed by atoms with van der Waals surface area (Å²) in [6.45, 7) is 5.74. The van der Waals surface area contributed by atoms with Gasteiger partial charge in [-0.3, -0.25) is 0 Å². The van der Waals surface area contributed by atoms with Gasteiger partial charge < -0.3 is 10.2 Å². The topological polar surface area (TPSA) is 15.3 Å². The zero-order valence-corrected chi connectivity index (χ0v) is 13.5. The van der Waals surface area contributed by atoms with Crippen molar-refractivity contribution < 1.29 is 0 Å². The van der Waals surface area contributed by atoms with Gasteiger partial charge in [-0.1, -0.05) is 44.2 Å². The Labute approximate surface area is 124 Å². The molecule has 1 N–H and O–H groups in total. The Bertz CT molecular complexity index is 380. The molecule has 1 atom stereocenters. The fraction of sp³-hybridized carbons (Fsp3) is 0.667. The first-order chi connectivity index (χ1) is 9.56. The number of rotatable bonds is 7. The largest absolute Gasteiger partial charge is 0.312 e. The molecule has 0 saturated heterocycles. The van der Waals surface area contributed by atoms with E-state index in [9.17, 15) is 0 Å². The first-order valence-corrected chi connectivity index (χ1v) is 8.01. The molecule has 1 aliphatic carbocycles. The summed E-state index contributed by atoms with van der Waals surface area (Å²) in [7, 11) is 4.39. The van der Waals surface area contributed by atoms with Crippen LogP contribution in [0.4, 0.5) is 0 Å². The lowest BCUT2D eigenvalue weighted by molar-refractivity contribution is 0.214. The molecule has 0 aromatic heterocycles. The Morgan fingerprint density at radius 1 is 1.15 bits per heavy atom. The molecule has 0 bridgehead atoms. The fourth-order valence-corrected chi connectivity index (χ4v) is 3.11. The van der Waals surface area contributed by atoms with E-state index in [0.29, 0.717) is 6.04 Å². The number of nitrogens with zero attached hydrogens (tertiary/aromatic N) is 1. The molecule has 1 aromatic carbocycles. The summed E-state index contributed by atoms with van der Waals surface area (Å²) >= 11 is 0. The molecule has 1 aliphatic rings. The van der Waals surface area contributed by atoms with Crippen LogP contribution in [0.15, 0.2) is 30.3 Å². The third-order valence-electron chi connectivity index (χ3n) is 4.52. The van der Waals surface area contributed by atoms with Gasteiger partial charge in [0.15, 0.2) is 0 Å². The van der Waals surface area contributed by atoms with Gasteiger partial charge in [-0.05, 0) is 50.8 Å². The van der Waals surface area contributed by atoms with E-state index in [-0.39, 0.29) is 0 Å². The quantitative estimate of drug-likeness (QED) is 0.818. The van der Waals surface area contributed by atoms with Crippen LogP contribution in [-0.4, -0.2) is 37.6 Å². The zero-order valence-electron chi connectivity index (χ0n) is 13.5. The van der Waals surface area contributed by atoms with Crippen LogP contribution >= 0.6 is 0 Å². The molecule has 1 saturated carbocycles. The zero-order chi connectivity index (χ0) is 14.5. The van der Waals surface area contributed by atoms with Crippen LogP contribution in [-0.2, 0) is 0 Å². The molecular weight excluding hydrogens is 244 g/mol. The van der Waals surface area contributed by atoms with Gasteiger partial charge in [-0.2, -0.15) is 0 Å². The summed E-state index contributed by atoms with van der Waals surface area (Å²) in [5, 5.41) is 3.76. The van der Waals surface area contributed by atoms with Crippen LogP contribution in [0.3, 0.4) is 0 Å². The Kier molecular flexibility index (Phi) is 5.62. The molecule has 2 heteroatoms. The van der Waals surface area contributed by atoms with Gasteiger partial charge in [0.2, 0.25) is 0 Å². The number of hydrogen-bond acceptors (Lipinski definition) is 2. The Balaban J connectivity index is 1.71. The van der Waals surface area contributed by atoms with Crippen molar-refractivity contribution in [3.05, 3.63) is 35.9 Å². The predicted molar refractivity (Wildman–Crippen MR) is 87.1 cm³/mol. The second-order valence-electron chi connectivity index (χ2n) is 6.93. The third kappa shape index (κ3) is 4.32. The van der Waals surface area contributed by atoms with E-state index in [4.69, 9.17) is 0 Å². The van der Waals surface area contributed by atoms with Crippen LogP contribution in [0.5, 0.6) is 0 Å². The minimum atomic E-state index is 0.658.